The van der Waals surface area contributed by atoms with Crippen LogP contribution in [0.5, 0.6) is 11.5 Å². The highest BCUT2D eigenvalue weighted by Gasteiger charge is 2.07. The van der Waals surface area contributed by atoms with Crippen molar-refractivity contribution >= 4 is 17.8 Å². The third-order valence-electron chi connectivity index (χ3n) is 3.36. The Labute approximate surface area is 142 Å². The SMILES string of the molecule is COc1ccc(/C=C/C(=O)Nc2ccnn2CC(C)C)c(OC)c1. The van der Waals surface area contributed by atoms with Gasteiger partial charge in [0.25, 0.3) is 0 Å². The van der Waals surface area contributed by atoms with Crippen molar-refractivity contribution in [2.75, 3.05) is 19.5 Å². The van der Waals surface area contributed by atoms with E-state index in [1.807, 2.05) is 12.1 Å². The number of hydrogen-bond acceptors (Lipinski definition) is 4. The molecule has 1 N–H and O–H groups in total. The second kappa shape index (κ2) is 8.19. The van der Waals surface area contributed by atoms with Crippen molar-refractivity contribution in [2.24, 2.45) is 5.92 Å². The van der Waals surface area contributed by atoms with Gasteiger partial charge in [-0.15, -0.1) is 0 Å². The van der Waals surface area contributed by atoms with E-state index in [9.17, 15) is 4.79 Å². The monoisotopic (exact) mass is 329 g/mol. The van der Waals surface area contributed by atoms with Crippen LogP contribution in [0.15, 0.2) is 36.5 Å². The lowest BCUT2D eigenvalue weighted by Gasteiger charge is -2.10. The number of methoxy groups -OCH3 is 2. The molecule has 0 bridgehead atoms. The molecule has 1 amide bonds. The van der Waals surface area contributed by atoms with Crippen molar-refractivity contribution in [3.63, 3.8) is 0 Å². The van der Waals surface area contributed by atoms with E-state index < -0.39 is 0 Å². The van der Waals surface area contributed by atoms with Gasteiger partial charge in [0, 0.05) is 30.3 Å². The molecule has 1 aromatic heterocycles. The molecule has 6 heteroatoms. The van der Waals surface area contributed by atoms with Crippen molar-refractivity contribution < 1.29 is 14.3 Å². The number of carbonyl (C=O) groups is 1. The summed E-state index contributed by atoms with van der Waals surface area (Å²) < 4.78 is 12.3. The molecule has 1 heterocycles. The predicted octanol–water partition coefficient (Wildman–Crippen LogP) is 3.21. The molecule has 0 radical (unpaired) electrons. The number of nitrogens with one attached hydrogen (secondary N) is 1. The first kappa shape index (κ1) is 17.6. The van der Waals surface area contributed by atoms with Crippen molar-refractivity contribution in [2.45, 2.75) is 20.4 Å². The fourth-order valence-corrected chi connectivity index (χ4v) is 2.22. The molecule has 24 heavy (non-hydrogen) atoms. The number of amides is 1. The van der Waals surface area contributed by atoms with Crippen LogP contribution < -0.4 is 14.8 Å². The lowest BCUT2D eigenvalue weighted by Crippen LogP contribution is -2.15. The lowest BCUT2D eigenvalue weighted by atomic mass is 10.1. The molecular formula is C18H23N3O3. The highest BCUT2D eigenvalue weighted by molar-refractivity contribution is 6.01. The third kappa shape index (κ3) is 4.62. The Bertz CT molecular complexity index is 720. The third-order valence-corrected chi connectivity index (χ3v) is 3.36. The highest BCUT2D eigenvalue weighted by atomic mass is 16.5. The van der Waals surface area contributed by atoms with Crippen LogP contribution in [0.2, 0.25) is 0 Å². The van der Waals surface area contributed by atoms with E-state index in [-0.39, 0.29) is 5.91 Å². The van der Waals surface area contributed by atoms with Gasteiger partial charge in [-0.25, -0.2) is 4.68 Å². The van der Waals surface area contributed by atoms with E-state index >= 15 is 0 Å². The minimum Gasteiger partial charge on any atom is -0.497 e. The number of nitrogens with zero attached hydrogens (tertiary/aromatic N) is 2. The maximum Gasteiger partial charge on any atom is 0.249 e. The van der Waals surface area contributed by atoms with Crippen LogP contribution >= 0.6 is 0 Å². The molecule has 0 aliphatic heterocycles. The Balaban J connectivity index is 2.07. The molecule has 2 rings (SSSR count). The second-order valence-electron chi connectivity index (χ2n) is 5.72. The minimum absolute atomic E-state index is 0.224. The molecule has 0 aliphatic carbocycles. The number of hydrogen-bond donors (Lipinski definition) is 1. The molecule has 0 aliphatic rings. The Hall–Kier alpha value is -2.76. The number of anilines is 1. The number of aromatic nitrogens is 2. The molecule has 0 unspecified atom stereocenters. The van der Waals surface area contributed by atoms with Crippen LogP contribution in [0.4, 0.5) is 5.82 Å². The van der Waals surface area contributed by atoms with Crippen molar-refractivity contribution in [3.8, 4) is 11.5 Å². The van der Waals surface area contributed by atoms with Crippen LogP contribution in [-0.4, -0.2) is 29.9 Å². The maximum absolute atomic E-state index is 12.1. The van der Waals surface area contributed by atoms with Gasteiger partial charge < -0.3 is 14.8 Å². The Kier molecular flexibility index (Phi) is 6.01. The van der Waals surface area contributed by atoms with Crippen LogP contribution in [-0.2, 0) is 11.3 Å². The zero-order chi connectivity index (χ0) is 17.5. The fourth-order valence-electron chi connectivity index (χ4n) is 2.22. The summed E-state index contributed by atoms with van der Waals surface area (Å²) in [5.74, 6) is 2.24. The summed E-state index contributed by atoms with van der Waals surface area (Å²) in [4.78, 5) is 12.1. The molecule has 2 aromatic rings. The molecule has 0 saturated carbocycles. The van der Waals surface area contributed by atoms with Crippen molar-refractivity contribution in [1.82, 2.24) is 9.78 Å². The Morgan fingerprint density at radius 2 is 2.08 bits per heavy atom. The van der Waals surface area contributed by atoms with E-state index in [1.165, 1.54) is 6.08 Å². The normalized spacial score (nSPS) is 11.0. The van der Waals surface area contributed by atoms with Crippen LogP contribution in [0.3, 0.4) is 0 Å². The van der Waals surface area contributed by atoms with Gasteiger partial charge in [-0.3, -0.25) is 4.79 Å². The van der Waals surface area contributed by atoms with Crippen molar-refractivity contribution in [3.05, 3.63) is 42.1 Å². The zero-order valence-electron chi connectivity index (χ0n) is 14.4. The first-order valence-corrected chi connectivity index (χ1v) is 7.76. The lowest BCUT2D eigenvalue weighted by molar-refractivity contribution is -0.111. The summed E-state index contributed by atoms with van der Waals surface area (Å²) in [6.07, 6.45) is 4.85. The van der Waals surface area contributed by atoms with E-state index in [0.717, 1.165) is 12.1 Å². The van der Waals surface area contributed by atoms with Gasteiger partial charge in [0.15, 0.2) is 0 Å². The molecule has 128 valence electrons. The fraction of sp³-hybridized carbons (Fsp3) is 0.333. The van der Waals surface area contributed by atoms with Crippen molar-refractivity contribution in [1.29, 1.82) is 0 Å². The quantitative estimate of drug-likeness (QED) is 0.792. The van der Waals surface area contributed by atoms with Gasteiger partial charge in [0.1, 0.15) is 17.3 Å². The standard InChI is InChI=1S/C18H23N3O3/c1-13(2)12-21-17(9-10-19-21)20-18(22)8-6-14-5-7-15(23-3)11-16(14)24-4/h5-11,13H,12H2,1-4H3,(H,20,22)/b8-6+. The molecule has 1 aromatic carbocycles. The smallest absolute Gasteiger partial charge is 0.249 e. The van der Waals surface area contributed by atoms with E-state index in [0.29, 0.717) is 23.2 Å². The molecule has 0 saturated heterocycles. The molecular weight excluding hydrogens is 306 g/mol. The number of ether oxygens (including phenoxy) is 2. The summed E-state index contributed by atoms with van der Waals surface area (Å²) >= 11 is 0. The molecule has 0 fully saturated rings. The van der Waals surface area contributed by atoms with Gasteiger partial charge in [-0.05, 0) is 24.1 Å². The van der Waals surface area contributed by atoms with E-state index in [2.05, 4.69) is 24.3 Å². The predicted molar refractivity (Wildman–Crippen MR) is 94.3 cm³/mol. The summed E-state index contributed by atoms with van der Waals surface area (Å²) in [5, 5.41) is 7.05. The van der Waals surface area contributed by atoms with Crippen LogP contribution in [0, 0.1) is 5.92 Å². The Morgan fingerprint density at radius 3 is 2.75 bits per heavy atom. The average molecular weight is 329 g/mol. The summed E-state index contributed by atoms with van der Waals surface area (Å²) in [6, 6.07) is 7.21. The first-order chi connectivity index (χ1) is 11.5. The maximum atomic E-state index is 12.1. The van der Waals surface area contributed by atoms with E-state index in [1.54, 1.807) is 43.3 Å². The largest absolute Gasteiger partial charge is 0.497 e. The molecule has 0 spiro atoms. The van der Waals surface area contributed by atoms with Crippen LogP contribution in [0.25, 0.3) is 6.08 Å². The van der Waals surface area contributed by atoms with Gasteiger partial charge in [-0.2, -0.15) is 5.10 Å². The summed E-state index contributed by atoms with van der Waals surface area (Å²) in [6.45, 7) is 4.95. The topological polar surface area (TPSA) is 65.4 Å². The van der Waals surface area contributed by atoms with Gasteiger partial charge in [0.2, 0.25) is 5.91 Å². The molecule has 0 atom stereocenters. The van der Waals surface area contributed by atoms with Gasteiger partial charge in [-0.1, -0.05) is 13.8 Å². The van der Waals surface area contributed by atoms with Crippen LogP contribution in [0.1, 0.15) is 19.4 Å². The number of benzene rings is 1. The van der Waals surface area contributed by atoms with E-state index in [4.69, 9.17) is 9.47 Å². The number of carbonyl (C=O) groups excluding carboxylic acids is 1. The summed E-state index contributed by atoms with van der Waals surface area (Å²) in [7, 11) is 3.18. The van der Waals surface area contributed by atoms with Gasteiger partial charge >= 0.3 is 0 Å². The zero-order valence-corrected chi connectivity index (χ0v) is 14.4. The second-order valence-corrected chi connectivity index (χ2v) is 5.72. The molecule has 6 nitrogen and oxygen atoms in total. The summed E-state index contributed by atoms with van der Waals surface area (Å²) in [5.41, 5.74) is 0.795. The average Bonchev–Trinajstić information content (AvgIpc) is 2.98. The first-order valence-electron chi connectivity index (χ1n) is 7.76. The minimum atomic E-state index is -0.224. The van der Waals surface area contributed by atoms with Gasteiger partial charge in [0.05, 0.1) is 20.4 Å². The number of rotatable bonds is 7. The highest BCUT2D eigenvalue weighted by Crippen LogP contribution is 2.25. The Morgan fingerprint density at radius 1 is 1.29 bits per heavy atom.